The normalized spacial score (nSPS) is 26.8. The summed E-state index contributed by atoms with van der Waals surface area (Å²) < 4.78 is 0. The average molecular weight is 295 g/mol. The minimum Gasteiger partial charge on any atom is -0.368 e. The number of hydrogen-bond donors (Lipinski definition) is 2. The predicted molar refractivity (Wildman–Crippen MR) is 86.9 cm³/mol. The predicted octanol–water partition coefficient (Wildman–Crippen LogP) is 1.99. The van der Waals surface area contributed by atoms with Crippen molar-refractivity contribution in [3.05, 3.63) is 0 Å². The van der Waals surface area contributed by atoms with Gasteiger partial charge in [-0.05, 0) is 56.0 Å². The minimum atomic E-state index is -0.497. The molecule has 0 aromatic carbocycles. The van der Waals surface area contributed by atoms with Crippen LogP contribution in [0.4, 0.5) is 0 Å². The second-order valence-corrected chi connectivity index (χ2v) is 8.12. The van der Waals surface area contributed by atoms with Crippen molar-refractivity contribution in [3.63, 3.8) is 0 Å². The molecule has 2 aliphatic rings. The molecule has 1 aliphatic carbocycles. The Hall–Kier alpha value is -0.610. The lowest BCUT2D eigenvalue weighted by molar-refractivity contribution is -0.126. The Morgan fingerprint density at radius 2 is 1.90 bits per heavy atom. The molecule has 1 heterocycles. The summed E-state index contributed by atoms with van der Waals surface area (Å²) >= 11 is 0. The van der Waals surface area contributed by atoms with E-state index < -0.39 is 5.54 Å². The fourth-order valence-corrected chi connectivity index (χ4v) is 3.66. The maximum absolute atomic E-state index is 12.2. The number of hydrogen-bond acceptors (Lipinski definition) is 3. The van der Waals surface area contributed by atoms with E-state index in [0.717, 1.165) is 45.4 Å². The second kappa shape index (κ2) is 6.25. The SMILES string of the molecule is CCCNC(CN1CCC(C(C)(C)C)C1)(C(N)=O)C1CC1. The van der Waals surface area contributed by atoms with Crippen LogP contribution in [0.25, 0.3) is 0 Å². The summed E-state index contributed by atoms with van der Waals surface area (Å²) in [6, 6.07) is 0. The van der Waals surface area contributed by atoms with Gasteiger partial charge in [0.05, 0.1) is 0 Å². The van der Waals surface area contributed by atoms with Gasteiger partial charge in [-0.15, -0.1) is 0 Å². The summed E-state index contributed by atoms with van der Waals surface area (Å²) in [5.74, 6) is 1.00. The first-order valence-corrected chi connectivity index (χ1v) is 8.57. The molecule has 1 saturated carbocycles. The van der Waals surface area contributed by atoms with Gasteiger partial charge in [-0.2, -0.15) is 0 Å². The first-order valence-electron chi connectivity index (χ1n) is 8.57. The Morgan fingerprint density at radius 1 is 1.24 bits per heavy atom. The quantitative estimate of drug-likeness (QED) is 0.755. The minimum absolute atomic E-state index is 0.155. The maximum atomic E-state index is 12.2. The molecule has 2 fully saturated rings. The molecule has 3 N–H and O–H groups in total. The van der Waals surface area contributed by atoms with Gasteiger partial charge in [-0.3, -0.25) is 4.79 Å². The summed E-state index contributed by atoms with van der Waals surface area (Å²) in [7, 11) is 0. The maximum Gasteiger partial charge on any atom is 0.239 e. The molecule has 1 saturated heterocycles. The van der Waals surface area contributed by atoms with Gasteiger partial charge in [0.25, 0.3) is 0 Å². The van der Waals surface area contributed by atoms with Crippen molar-refractivity contribution in [3.8, 4) is 0 Å². The van der Waals surface area contributed by atoms with Crippen molar-refractivity contribution in [2.24, 2.45) is 23.0 Å². The molecule has 0 bridgehead atoms. The second-order valence-electron chi connectivity index (χ2n) is 8.12. The molecule has 4 nitrogen and oxygen atoms in total. The highest BCUT2D eigenvalue weighted by Gasteiger charge is 2.51. The monoisotopic (exact) mass is 295 g/mol. The van der Waals surface area contributed by atoms with Crippen LogP contribution < -0.4 is 11.1 Å². The number of carbonyl (C=O) groups excluding carboxylic acids is 1. The standard InChI is InChI=1S/C17H33N3O/c1-5-9-19-17(15(18)21,13-6-7-13)12-20-10-8-14(11-20)16(2,3)4/h13-14,19H,5-12H2,1-4H3,(H2,18,21). The molecule has 0 aromatic rings. The Balaban J connectivity index is 2.04. The number of nitrogens with zero attached hydrogens (tertiary/aromatic N) is 1. The number of rotatable bonds is 7. The van der Waals surface area contributed by atoms with Crippen molar-refractivity contribution >= 4 is 5.91 Å². The molecule has 4 heteroatoms. The lowest BCUT2D eigenvalue weighted by atomic mass is 9.80. The van der Waals surface area contributed by atoms with Crippen LogP contribution in [0, 0.1) is 17.3 Å². The van der Waals surface area contributed by atoms with Gasteiger partial charge < -0.3 is 16.0 Å². The summed E-state index contributed by atoms with van der Waals surface area (Å²) in [4.78, 5) is 14.7. The molecule has 1 amide bonds. The smallest absolute Gasteiger partial charge is 0.239 e. The van der Waals surface area contributed by atoms with E-state index in [1.54, 1.807) is 0 Å². The topological polar surface area (TPSA) is 58.4 Å². The van der Waals surface area contributed by atoms with Crippen molar-refractivity contribution in [1.82, 2.24) is 10.2 Å². The largest absolute Gasteiger partial charge is 0.368 e. The Labute approximate surface area is 129 Å². The number of amides is 1. The Bertz CT molecular complexity index is 373. The molecule has 0 radical (unpaired) electrons. The highest BCUT2D eigenvalue weighted by molar-refractivity contribution is 5.86. The van der Waals surface area contributed by atoms with E-state index in [4.69, 9.17) is 5.73 Å². The highest BCUT2D eigenvalue weighted by atomic mass is 16.1. The molecule has 2 unspecified atom stereocenters. The summed E-state index contributed by atoms with van der Waals surface area (Å²) in [6.07, 6.45) is 4.54. The van der Waals surface area contributed by atoms with E-state index in [2.05, 4.69) is 37.9 Å². The van der Waals surface area contributed by atoms with Crippen LogP contribution in [0.2, 0.25) is 0 Å². The number of nitrogens with one attached hydrogen (secondary N) is 1. The molecule has 21 heavy (non-hydrogen) atoms. The molecule has 0 aromatic heterocycles. The van der Waals surface area contributed by atoms with Crippen LogP contribution >= 0.6 is 0 Å². The molecule has 2 rings (SSSR count). The van der Waals surface area contributed by atoms with Crippen molar-refractivity contribution in [2.75, 3.05) is 26.2 Å². The van der Waals surface area contributed by atoms with Crippen LogP contribution in [0.3, 0.4) is 0 Å². The highest BCUT2D eigenvalue weighted by Crippen LogP contribution is 2.41. The van der Waals surface area contributed by atoms with Gasteiger partial charge in [-0.1, -0.05) is 27.7 Å². The van der Waals surface area contributed by atoms with Gasteiger partial charge in [0.1, 0.15) is 5.54 Å². The van der Waals surface area contributed by atoms with Crippen LogP contribution in [0.15, 0.2) is 0 Å². The lowest BCUT2D eigenvalue weighted by Gasteiger charge is -2.36. The fraction of sp³-hybridized carbons (Fsp3) is 0.941. The molecule has 2 atom stereocenters. The molecule has 0 spiro atoms. The van der Waals surface area contributed by atoms with E-state index >= 15 is 0 Å². The first-order chi connectivity index (χ1) is 9.79. The van der Waals surface area contributed by atoms with Crippen molar-refractivity contribution in [1.29, 1.82) is 0 Å². The van der Waals surface area contributed by atoms with E-state index in [1.807, 2.05) is 0 Å². The van der Waals surface area contributed by atoms with E-state index in [1.165, 1.54) is 6.42 Å². The average Bonchev–Trinajstić information content (AvgIpc) is 3.13. The fourth-order valence-electron chi connectivity index (χ4n) is 3.66. The molecular formula is C17H33N3O. The van der Waals surface area contributed by atoms with Gasteiger partial charge >= 0.3 is 0 Å². The summed E-state index contributed by atoms with van der Waals surface area (Å²) in [5, 5.41) is 3.51. The van der Waals surface area contributed by atoms with Crippen LogP contribution in [-0.4, -0.2) is 42.5 Å². The molecule has 1 aliphatic heterocycles. The lowest BCUT2D eigenvalue weighted by Crippen LogP contribution is -2.63. The summed E-state index contributed by atoms with van der Waals surface area (Å²) in [5.41, 5.74) is 5.67. The Kier molecular flexibility index (Phi) is 4.99. The summed E-state index contributed by atoms with van der Waals surface area (Å²) in [6.45, 7) is 12.9. The van der Waals surface area contributed by atoms with Crippen LogP contribution in [0.5, 0.6) is 0 Å². The van der Waals surface area contributed by atoms with Gasteiger partial charge in [0.15, 0.2) is 0 Å². The third kappa shape index (κ3) is 3.78. The first kappa shape index (κ1) is 16.8. The van der Waals surface area contributed by atoms with Crippen LogP contribution in [0.1, 0.15) is 53.4 Å². The number of nitrogens with two attached hydrogens (primary N) is 1. The van der Waals surface area contributed by atoms with Crippen molar-refractivity contribution in [2.45, 2.75) is 58.9 Å². The number of carbonyl (C=O) groups is 1. The zero-order chi connectivity index (χ0) is 15.7. The number of primary amides is 1. The molecular weight excluding hydrogens is 262 g/mol. The van der Waals surface area contributed by atoms with Gasteiger partial charge in [-0.25, -0.2) is 0 Å². The zero-order valence-electron chi connectivity index (χ0n) is 14.2. The zero-order valence-corrected chi connectivity index (χ0v) is 14.2. The van der Waals surface area contributed by atoms with Gasteiger partial charge in [0.2, 0.25) is 5.91 Å². The third-order valence-corrected chi connectivity index (χ3v) is 5.37. The van der Waals surface area contributed by atoms with E-state index in [-0.39, 0.29) is 5.91 Å². The van der Waals surface area contributed by atoms with Gasteiger partial charge in [0, 0.05) is 13.1 Å². The molecule has 122 valence electrons. The Morgan fingerprint density at radius 3 is 2.33 bits per heavy atom. The van der Waals surface area contributed by atoms with Crippen LogP contribution in [-0.2, 0) is 4.79 Å². The van der Waals surface area contributed by atoms with E-state index in [9.17, 15) is 4.79 Å². The van der Waals surface area contributed by atoms with Crippen molar-refractivity contribution < 1.29 is 4.79 Å². The van der Waals surface area contributed by atoms with E-state index in [0.29, 0.717) is 17.3 Å². The number of likely N-dealkylation sites (tertiary alicyclic amines) is 1. The third-order valence-electron chi connectivity index (χ3n) is 5.37.